The fourth-order valence-corrected chi connectivity index (χ4v) is 3.20. The average Bonchev–Trinajstić information content (AvgIpc) is 2.19. The van der Waals surface area contributed by atoms with E-state index in [1.54, 1.807) is 0 Å². The molecule has 15 heavy (non-hydrogen) atoms. The van der Waals surface area contributed by atoms with Crippen LogP contribution in [0.25, 0.3) is 0 Å². The first-order chi connectivity index (χ1) is 6.81. The molecule has 0 radical (unpaired) electrons. The first-order valence-electron chi connectivity index (χ1n) is 6.36. The summed E-state index contributed by atoms with van der Waals surface area (Å²) in [4.78, 5) is 0. The molecular weight excluding hydrogens is 194 g/mol. The Kier molecular flexibility index (Phi) is 18.4. The molecule has 0 aliphatic rings. The molecule has 0 N–H and O–H groups in total. The third kappa shape index (κ3) is 15.0. The largest absolute Gasteiger partial charge is 1.00 e. The summed E-state index contributed by atoms with van der Waals surface area (Å²) in [6.07, 6.45) is 14.1. The SMILES string of the molecule is [CH2-]P(CCCCCC)CCCCCC.[Li+]. The van der Waals surface area contributed by atoms with Gasteiger partial charge in [0.1, 0.15) is 0 Å². The van der Waals surface area contributed by atoms with E-state index in [2.05, 4.69) is 20.5 Å². The number of rotatable bonds is 10. The van der Waals surface area contributed by atoms with E-state index in [1.165, 1.54) is 63.7 Å². The molecule has 0 aliphatic heterocycles. The Morgan fingerprint density at radius 3 is 1.47 bits per heavy atom. The van der Waals surface area contributed by atoms with E-state index in [4.69, 9.17) is 0 Å². The summed E-state index contributed by atoms with van der Waals surface area (Å²) >= 11 is 0. The van der Waals surface area contributed by atoms with Crippen molar-refractivity contribution in [3.63, 3.8) is 0 Å². The fourth-order valence-electron chi connectivity index (χ4n) is 1.64. The van der Waals surface area contributed by atoms with Gasteiger partial charge in [-0.05, 0) is 0 Å². The van der Waals surface area contributed by atoms with Crippen LogP contribution in [0.3, 0.4) is 0 Å². The maximum absolute atomic E-state index is 4.30. The zero-order chi connectivity index (χ0) is 10.6. The Balaban J connectivity index is 0. The van der Waals surface area contributed by atoms with Gasteiger partial charge in [0.2, 0.25) is 0 Å². The van der Waals surface area contributed by atoms with Gasteiger partial charge in [-0.1, -0.05) is 77.5 Å². The van der Waals surface area contributed by atoms with Gasteiger partial charge in [0, 0.05) is 0 Å². The van der Waals surface area contributed by atoms with Gasteiger partial charge in [-0.3, -0.25) is 7.92 Å². The maximum atomic E-state index is 4.30. The Bertz CT molecular complexity index is 94.7. The van der Waals surface area contributed by atoms with E-state index in [0.29, 0.717) is 0 Å². The standard InChI is InChI=1S/C13H28P.Li/c1-4-6-8-10-12-14(3)13-11-9-7-5-2;/h3-13H2,1-2H3;/q-1;+1. The van der Waals surface area contributed by atoms with Crippen molar-refractivity contribution < 1.29 is 18.9 Å². The molecule has 2 heteroatoms. The van der Waals surface area contributed by atoms with Crippen LogP contribution in [0.5, 0.6) is 0 Å². The molecule has 0 bridgehead atoms. The predicted octanol–water partition coefficient (Wildman–Crippen LogP) is 2.42. The van der Waals surface area contributed by atoms with Gasteiger partial charge in [0.05, 0.1) is 0 Å². The molecule has 0 aliphatic carbocycles. The van der Waals surface area contributed by atoms with Crippen molar-refractivity contribution in [2.45, 2.75) is 65.2 Å². The van der Waals surface area contributed by atoms with E-state index < -0.39 is 0 Å². The minimum Gasteiger partial charge on any atom is -0.317 e. The van der Waals surface area contributed by atoms with Crippen molar-refractivity contribution in [2.24, 2.45) is 0 Å². The molecule has 0 fully saturated rings. The summed E-state index contributed by atoms with van der Waals surface area (Å²) < 4.78 is 0. The van der Waals surface area contributed by atoms with Gasteiger partial charge in [0.25, 0.3) is 0 Å². The Morgan fingerprint density at radius 1 is 0.733 bits per heavy atom. The van der Waals surface area contributed by atoms with Gasteiger partial charge in [-0.15, -0.1) is 0 Å². The summed E-state index contributed by atoms with van der Waals surface area (Å²) in [5, 5.41) is 0. The van der Waals surface area contributed by atoms with E-state index in [0.717, 1.165) is 0 Å². The van der Waals surface area contributed by atoms with Gasteiger partial charge >= 0.3 is 18.9 Å². The molecular formula is C13H28LiP. The van der Waals surface area contributed by atoms with Crippen LogP contribution < -0.4 is 18.9 Å². The number of hydrogen-bond acceptors (Lipinski definition) is 0. The zero-order valence-electron chi connectivity index (χ0n) is 11.2. The smallest absolute Gasteiger partial charge is 0.317 e. The topological polar surface area (TPSA) is 0 Å². The summed E-state index contributed by atoms with van der Waals surface area (Å²) in [7, 11) is 0.136. The van der Waals surface area contributed by atoms with Crippen LogP contribution in [0.2, 0.25) is 0 Å². The van der Waals surface area contributed by atoms with Gasteiger partial charge in [-0.25, -0.2) is 0 Å². The van der Waals surface area contributed by atoms with Crippen molar-refractivity contribution >= 4 is 7.92 Å². The second-order valence-electron chi connectivity index (χ2n) is 4.24. The summed E-state index contributed by atoms with van der Waals surface area (Å²) in [5.41, 5.74) is 0. The van der Waals surface area contributed by atoms with Crippen LogP contribution in [0.1, 0.15) is 65.2 Å². The van der Waals surface area contributed by atoms with Crippen LogP contribution in [-0.2, 0) is 0 Å². The van der Waals surface area contributed by atoms with Crippen LogP contribution in [0, 0.1) is 6.66 Å². The zero-order valence-corrected chi connectivity index (χ0v) is 12.1. The van der Waals surface area contributed by atoms with Gasteiger partial charge in [-0.2, -0.15) is 0 Å². The number of hydrogen-bond donors (Lipinski definition) is 0. The molecule has 0 amide bonds. The molecule has 0 rings (SSSR count). The van der Waals surface area contributed by atoms with Crippen molar-refractivity contribution in [1.29, 1.82) is 0 Å². The molecule has 0 aromatic carbocycles. The van der Waals surface area contributed by atoms with Gasteiger partial charge < -0.3 is 6.66 Å². The molecule has 0 spiro atoms. The van der Waals surface area contributed by atoms with E-state index in [9.17, 15) is 0 Å². The summed E-state index contributed by atoms with van der Waals surface area (Å²) in [6, 6.07) is 0. The quantitative estimate of drug-likeness (QED) is 0.230. The third-order valence-electron chi connectivity index (χ3n) is 2.66. The monoisotopic (exact) mass is 222 g/mol. The second kappa shape index (κ2) is 15.0. The molecule has 0 aromatic rings. The molecule has 0 aromatic heterocycles. The fraction of sp³-hybridized carbons (Fsp3) is 0.923. The first kappa shape index (κ1) is 18.4. The van der Waals surface area contributed by atoms with Crippen LogP contribution in [-0.4, -0.2) is 12.3 Å². The van der Waals surface area contributed by atoms with Crippen molar-refractivity contribution in [2.75, 3.05) is 12.3 Å². The minimum atomic E-state index is 0. The first-order valence-corrected chi connectivity index (χ1v) is 8.26. The van der Waals surface area contributed by atoms with Crippen LogP contribution in [0.15, 0.2) is 0 Å². The normalized spacial score (nSPS) is 10.4. The van der Waals surface area contributed by atoms with Crippen molar-refractivity contribution in [3.8, 4) is 0 Å². The predicted molar refractivity (Wildman–Crippen MR) is 70.3 cm³/mol. The second-order valence-corrected chi connectivity index (χ2v) is 6.48. The molecule has 0 unspecified atom stereocenters. The van der Waals surface area contributed by atoms with E-state index in [1.807, 2.05) is 0 Å². The van der Waals surface area contributed by atoms with Crippen molar-refractivity contribution in [3.05, 3.63) is 6.66 Å². The van der Waals surface area contributed by atoms with Crippen molar-refractivity contribution in [1.82, 2.24) is 0 Å². The molecule has 0 heterocycles. The maximum Gasteiger partial charge on any atom is 1.00 e. The van der Waals surface area contributed by atoms with Crippen LogP contribution in [0.4, 0.5) is 0 Å². The molecule has 0 saturated carbocycles. The minimum absolute atomic E-state index is 0. The van der Waals surface area contributed by atoms with E-state index in [-0.39, 0.29) is 26.8 Å². The molecule has 86 valence electrons. The summed E-state index contributed by atoms with van der Waals surface area (Å²) in [6.45, 7) is 8.85. The molecule has 0 saturated heterocycles. The summed E-state index contributed by atoms with van der Waals surface area (Å²) in [5.74, 6) is 0. The Hall–Kier alpha value is 1.03. The molecule has 0 nitrogen and oxygen atoms in total. The van der Waals surface area contributed by atoms with Gasteiger partial charge in [0.15, 0.2) is 0 Å². The van der Waals surface area contributed by atoms with Crippen LogP contribution >= 0.6 is 7.92 Å². The number of unbranched alkanes of at least 4 members (excludes halogenated alkanes) is 6. The molecule has 0 atom stereocenters. The average molecular weight is 222 g/mol. The van der Waals surface area contributed by atoms with E-state index >= 15 is 0 Å². The Labute approximate surface area is 111 Å². The Morgan fingerprint density at radius 2 is 1.13 bits per heavy atom. The third-order valence-corrected chi connectivity index (χ3v) is 4.55.